The van der Waals surface area contributed by atoms with Gasteiger partial charge >= 0.3 is 5.97 Å². The number of esters is 1. The standard InChI is InChI=1S/C47H39Cl2N5O7S/c1-26-43(62-47(51)52-26)45(56)54-23-34-21-41-40(60-25-42(61-41)32-12-14-35(15-13-32)59-24-29-7-16-36(48)37(49)17-29)20-33(34)19-39(54)44(55)53-38(46(57)58-2)18-27-3-8-30(9-4-27)31-10-5-28(22-50)6-11-31/h3-17,20-21,38-39,42H,18-19,23-25H2,1-2H3,(H2,51,52)(H,53,55). The topological polar surface area (TPSA) is 166 Å². The zero-order chi connectivity index (χ0) is 43.5. The lowest BCUT2D eigenvalue weighted by atomic mass is 9.91. The van der Waals surface area contributed by atoms with Crippen molar-refractivity contribution >= 4 is 57.5 Å². The first kappa shape index (κ1) is 42.1. The van der Waals surface area contributed by atoms with Crippen LogP contribution in [0.1, 0.15) is 54.9 Å². The molecule has 15 heteroatoms. The average Bonchev–Trinajstić information content (AvgIpc) is 3.64. The molecule has 0 saturated heterocycles. The van der Waals surface area contributed by atoms with Crippen molar-refractivity contribution < 1.29 is 33.3 Å². The third-order valence-electron chi connectivity index (χ3n) is 10.8. The molecule has 0 radical (unpaired) electrons. The number of anilines is 1. The first-order chi connectivity index (χ1) is 30.0. The van der Waals surface area contributed by atoms with Gasteiger partial charge in [-0.3, -0.25) is 9.59 Å². The summed E-state index contributed by atoms with van der Waals surface area (Å²) in [6.07, 6.45) is -0.144. The van der Waals surface area contributed by atoms with E-state index in [1.54, 1.807) is 31.2 Å². The van der Waals surface area contributed by atoms with Gasteiger partial charge in [0, 0.05) is 19.4 Å². The van der Waals surface area contributed by atoms with E-state index in [4.69, 9.17) is 53.1 Å². The molecule has 3 heterocycles. The first-order valence-electron chi connectivity index (χ1n) is 19.6. The smallest absolute Gasteiger partial charge is 0.328 e. The van der Waals surface area contributed by atoms with Crippen LogP contribution in [-0.2, 0) is 40.3 Å². The summed E-state index contributed by atoms with van der Waals surface area (Å²) in [7, 11) is 1.26. The molecule has 2 aliphatic rings. The molecule has 0 saturated carbocycles. The molecule has 3 N–H and O–H groups in total. The number of nitriles is 1. The number of ether oxygens (including phenoxy) is 4. The number of nitrogens with two attached hydrogens (primary N) is 1. The van der Waals surface area contributed by atoms with Gasteiger partial charge in [0.05, 0.1) is 34.5 Å². The van der Waals surface area contributed by atoms with Crippen molar-refractivity contribution in [2.45, 2.75) is 51.1 Å². The molecule has 6 aromatic rings. The number of aromatic nitrogens is 1. The van der Waals surface area contributed by atoms with Crippen LogP contribution in [0.25, 0.3) is 11.1 Å². The average molecular weight is 889 g/mol. The number of fused-ring (bicyclic) bond motifs is 2. The molecule has 0 fully saturated rings. The molecule has 1 aromatic heterocycles. The Morgan fingerprint density at radius 3 is 2.29 bits per heavy atom. The summed E-state index contributed by atoms with van der Waals surface area (Å²) >= 11 is 13.2. The van der Waals surface area contributed by atoms with E-state index >= 15 is 0 Å². The van der Waals surface area contributed by atoms with Gasteiger partial charge in [-0.15, -0.1) is 0 Å². The SMILES string of the molecule is COC(=O)C(Cc1ccc(-c2ccc(C#N)cc2)cc1)NC(=O)C1Cc2cc3c(cc2CN1C(=O)c1sc(N)nc1C)OC(c1ccc(OCc2ccc(Cl)c(Cl)c2)cc1)CO3. The van der Waals surface area contributed by atoms with E-state index in [1.165, 1.54) is 12.0 Å². The second kappa shape index (κ2) is 18.2. The summed E-state index contributed by atoms with van der Waals surface area (Å²) in [6, 6.07) is 31.5. The highest BCUT2D eigenvalue weighted by molar-refractivity contribution is 7.17. The Hall–Kier alpha value is -6.59. The fraction of sp³-hybridized carbons (Fsp3) is 0.213. The fourth-order valence-corrected chi connectivity index (χ4v) is 8.60. The van der Waals surface area contributed by atoms with E-state index in [1.807, 2.05) is 78.9 Å². The normalized spacial score (nSPS) is 15.8. The Morgan fingerprint density at radius 1 is 0.935 bits per heavy atom. The molecule has 0 bridgehead atoms. The van der Waals surface area contributed by atoms with E-state index in [-0.39, 0.29) is 31.1 Å². The highest BCUT2D eigenvalue weighted by atomic mass is 35.5. The lowest BCUT2D eigenvalue weighted by Gasteiger charge is -2.37. The summed E-state index contributed by atoms with van der Waals surface area (Å²) < 4.78 is 23.8. The zero-order valence-corrected chi connectivity index (χ0v) is 35.9. The lowest BCUT2D eigenvalue weighted by Crippen LogP contribution is -2.56. The van der Waals surface area contributed by atoms with Gasteiger partial charge in [0.25, 0.3) is 5.91 Å². The van der Waals surface area contributed by atoms with Gasteiger partial charge in [-0.2, -0.15) is 5.26 Å². The number of hydrogen-bond donors (Lipinski definition) is 2. The first-order valence-corrected chi connectivity index (χ1v) is 21.2. The molecule has 3 unspecified atom stereocenters. The minimum atomic E-state index is -1.05. The number of aryl methyl sites for hydroxylation is 1. The number of nitrogens with zero attached hydrogens (tertiary/aromatic N) is 3. The number of carbonyl (C=O) groups excluding carboxylic acids is 3. The number of halogens is 2. The zero-order valence-electron chi connectivity index (χ0n) is 33.5. The van der Waals surface area contributed by atoms with Crippen molar-refractivity contribution in [3.8, 4) is 34.4 Å². The predicted molar refractivity (Wildman–Crippen MR) is 235 cm³/mol. The van der Waals surface area contributed by atoms with E-state index in [9.17, 15) is 14.4 Å². The molecule has 314 valence electrons. The van der Waals surface area contributed by atoms with Crippen molar-refractivity contribution in [3.63, 3.8) is 0 Å². The molecular formula is C47H39Cl2N5O7S. The maximum Gasteiger partial charge on any atom is 0.328 e. The maximum absolute atomic E-state index is 14.4. The molecule has 12 nitrogen and oxygen atoms in total. The summed E-state index contributed by atoms with van der Waals surface area (Å²) in [5, 5.41) is 13.2. The quantitative estimate of drug-likeness (QED) is 0.121. The maximum atomic E-state index is 14.4. The van der Waals surface area contributed by atoms with Gasteiger partial charge in [-0.25, -0.2) is 9.78 Å². The molecular weight excluding hydrogens is 850 g/mol. The Bertz CT molecular complexity index is 2700. The van der Waals surface area contributed by atoms with Crippen LogP contribution in [0, 0.1) is 18.3 Å². The van der Waals surface area contributed by atoms with Gasteiger partial charge in [-0.1, -0.05) is 89.1 Å². The highest BCUT2D eigenvalue weighted by Gasteiger charge is 2.39. The summed E-state index contributed by atoms with van der Waals surface area (Å²) in [5.74, 6) is 0.120. The summed E-state index contributed by atoms with van der Waals surface area (Å²) in [5.41, 5.74) is 13.0. The van der Waals surface area contributed by atoms with Crippen molar-refractivity contribution in [3.05, 3.63) is 157 Å². The van der Waals surface area contributed by atoms with E-state index in [0.29, 0.717) is 50.0 Å². The van der Waals surface area contributed by atoms with Crippen molar-refractivity contribution in [1.29, 1.82) is 5.26 Å². The number of nitrogen functional groups attached to an aromatic ring is 1. The highest BCUT2D eigenvalue weighted by Crippen LogP contribution is 2.41. The number of thiazole rings is 1. The van der Waals surface area contributed by atoms with Gasteiger partial charge in [0.1, 0.15) is 35.9 Å². The molecule has 62 heavy (non-hydrogen) atoms. The van der Waals surface area contributed by atoms with E-state index in [2.05, 4.69) is 16.4 Å². The van der Waals surface area contributed by atoms with Crippen LogP contribution in [-0.4, -0.2) is 53.5 Å². The molecule has 0 aliphatic carbocycles. The lowest BCUT2D eigenvalue weighted by molar-refractivity contribution is -0.145. The van der Waals surface area contributed by atoms with Crippen LogP contribution >= 0.6 is 34.5 Å². The van der Waals surface area contributed by atoms with Crippen LogP contribution in [0.2, 0.25) is 10.0 Å². The Morgan fingerprint density at radius 2 is 1.63 bits per heavy atom. The number of carbonyl (C=O) groups is 3. The molecule has 2 amide bonds. The van der Waals surface area contributed by atoms with Crippen molar-refractivity contribution in [2.24, 2.45) is 0 Å². The molecule has 0 spiro atoms. The summed E-state index contributed by atoms with van der Waals surface area (Å²) in [4.78, 5) is 47.9. The fourth-order valence-electron chi connectivity index (χ4n) is 7.49. The van der Waals surface area contributed by atoms with Gasteiger partial charge < -0.3 is 34.9 Å². The molecule has 2 aliphatic heterocycles. The number of benzene rings is 5. The number of hydrogen-bond acceptors (Lipinski definition) is 11. The number of methoxy groups -OCH3 is 1. The Kier molecular flexibility index (Phi) is 12.3. The van der Waals surface area contributed by atoms with Crippen molar-refractivity contribution in [1.82, 2.24) is 15.2 Å². The number of nitrogens with one attached hydrogen (secondary N) is 1. The minimum Gasteiger partial charge on any atom is -0.489 e. The van der Waals surface area contributed by atoms with Crippen LogP contribution in [0.15, 0.2) is 103 Å². The monoisotopic (exact) mass is 887 g/mol. The minimum absolute atomic E-state index is 0.0649. The number of amides is 2. The van der Waals surface area contributed by atoms with E-state index < -0.39 is 36.0 Å². The van der Waals surface area contributed by atoms with Gasteiger partial charge in [0.15, 0.2) is 22.7 Å². The van der Waals surface area contributed by atoms with Crippen LogP contribution in [0.4, 0.5) is 5.13 Å². The Balaban J connectivity index is 0.996. The third-order valence-corrected chi connectivity index (χ3v) is 12.5. The number of rotatable bonds is 11. The van der Waals surface area contributed by atoms with Crippen LogP contribution < -0.4 is 25.3 Å². The molecule has 3 atom stereocenters. The second-order valence-corrected chi connectivity index (χ2v) is 16.7. The summed E-state index contributed by atoms with van der Waals surface area (Å²) in [6.45, 7) is 2.32. The Labute approximate surface area is 371 Å². The third kappa shape index (κ3) is 9.18. The van der Waals surface area contributed by atoms with Gasteiger partial charge in [-0.05, 0) is 94.4 Å². The largest absolute Gasteiger partial charge is 0.489 e. The van der Waals surface area contributed by atoms with Gasteiger partial charge in [0.2, 0.25) is 5.91 Å². The van der Waals surface area contributed by atoms with Crippen LogP contribution in [0.5, 0.6) is 17.2 Å². The van der Waals surface area contributed by atoms with Crippen LogP contribution in [0.3, 0.4) is 0 Å². The second-order valence-electron chi connectivity index (χ2n) is 14.9. The van der Waals surface area contributed by atoms with E-state index in [0.717, 1.165) is 50.3 Å². The van der Waals surface area contributed by atoms with Crippen molar-refractivity contribution in [2.75, 3.05) is 19.5 Å². The molecule has 5 aromatic carbocycles. The predicted octanol–water partition coefficient (Wildman–Crippen LogP) is 8.44. The molecule has 8 rings (SSSR count).